The highest BCUT2D eigenvalue weighted by Gasteiger charge is 2.30. The highest BCUT2D eigenvalue weighted by molar-refractivity contribution is 6.30. The third kappa shape index (κ3) is 8.52. The highest BCUT2D eigenvalue weighted by Crippen LogP contribution is 2.28. The molecule has 202 valence electrons. The second-order valence-corrected chi connectivity index (χ2v) is 9.63. The summed E-state index contributed by atoms with van der Waals surface area (Å²) in [4.78, 5) is 29.0. The number of hydrogen-bond acceptors (Lipinski definition) is 4. The largest absolute Gasteiger partial charge is 0.493 e. The maximum Gasteiger partial charge on any atom is 0.243 e. The Morgan fingerprint density at radius 2 is 1.63 bits per heavy atom. The van der Waals surface area contributed by atoms with Crippen LogP contribution in [0.1, 0.15) is 42.9 Å². The molecule has 0 heterocycles. The molecule has 6 nitrogen and oxygen atoms in total. The first kappa shape index (κ1) is 29.1. The van der Waals surface area contributed by atoms with Gasteiger partial charge in [-0.3, -0.25) is 9.59 Å². The lowest BCUT2D eigenvalue weighted by Crippen LogP contribution is -2.50. The third-order valence-electron chi connectivity index (χ3n) is 6.42. The summed E-state index contributed by atoms with van der Waals surface area (Å²) in [6, 6.07) is 22.2. The van der Waals surface area contributed by atoms with Crippen LogP contribution in [-0.2, 0) is 29.0 Å². The van der Waals surface area contributed by atoms with E-state index in [4.69, 9.17) is 21.1 Å². The molecule has 0 saturated heterocycles. The van der Waals surface area contributed by atoms with E-state index in [0.717, 1.165) is 29.5 Å². The Balaban J connectivity index is 1.89. The van der Waals surface area contributed by atoms with Crippen molar-refractivity contribution in [3.05, 3.63) is 94.5 Å². The van der Waals surface area contributed by atoms with Crippen LogP contribution in [0.25, 0.3) is 0 Å². The van der Waals surface area contributed by atoms with Crippen molar-refractivity contribution in [1.29, 1.82) is 0 Å². The van der Waals surface area contributed by atoms with Gasteiger partial charge in [0.1, 0.15) is 6.04 Å². The van der Waals surface area contributed by atoms with Gasteiger partial charge in [-0.1, -0.05) is 73.5 Å². The molecule has 7 heteroatoms. The summed E-state index contributed by atoms with van der Waals surface area (Å²) in [5, 5.41) is 3.64. The van der Waals surface area contributed by atoms with Crippen LogP contribution in [0.3, 0.4) is 0 Å². The number of amides is 2. The van der Waals surface area contributed by atoms with Crippen LogP contribution in [-0.4, -0.2) is 43.5 Å². The summed E-state index contributed by atoms with van der Waals surface area (Å²) in [5.74, 6) is 0.998. The van der Waals surface area contributed by atoms with Gasteiger partial charge in [-0.2, -0.15) is 0 Å². The lowest BCUT2D eigenvalue weighted by atomic mass is 10.0. The molecule has 0 aliphatic heterocycles. The molecule has 0 aliphatic carbocycles. The first-order valence-electron chi connectivity index (χ1n) is 13.0. The Kier molecular flexibility index (Phi) is 11.5. The van der Waals surface area contributed by atoms with Crippen LogP contribution in [0.15, 0.2) is 72.8 Å². The fourth-order valence-corrected chi connectivity index (χ4v) is 4.54. The normalized spacial score (nSPS) is 11.5. The van der Waals surface area contributed by atoms with E-state index in [2.05, 4.69) is 12.2 Å². The van der Waals surface area contributed by atoms with E-state index >= 15 is 0 Å². The van der Waals surface area contributed by atoms with Gasteiger partial charge < -0.3 is 19.7 Å². The molecule has 0 saturated carbocycles. The van der Waals surface area contributed by atoms with Crippen molar-refractivity contribution < 1.29 is 19.1 Å². The van der Waals surface area contributed by atoms with Gasteiger partial charge in [-0.05, 0) is 53.8 Å². The van der Waals surface area contributed by atoms with Gasteiger partial charge in [0.15, 0.2) is 11.5 Å². The molecule has 1 unspecified atom stereocenters. The number of aryl methyl sites for hydroxylation is 1. The summed E-state index contributed by atoms with van der Waals surface area (Å²) in [7, 11) is 3.18. The Labute approximate surface area is 230 Å². The molecule has 0 aromatic heterocycles. The lowest BCUT2D eigenvalue weighted by molar-refractivity contribution is -0.141. The minimum Gasteiger partial charge on any atom is -0.493 e. The van der Waals surface area contributed by atoms with Crippen molar-refractivity contribution in [2.45, 2.75) is 51.6 Å². The lowest BCUT2D eigenvalue weighted by Gasteiger charge is -2.32. The first-order chi connectivity index (χ1) is 18.4. The van der Waals surface area contributed by atoms with Crippen LogP contribution in [0.2, 0.25) is 5.02 Å². The predicted molar refractivity (Wildman–Crippen MR) is 152 cm³/mol. The van der Waals surface area contributed by atoms with Gasteiger partial charge in [0.2, 0.25) is 11.8 Å². The molecule has 3 rings (SSSR count). The maximum absolute atomic E-state index is 13.8. The minimum atomic E-state index is -0.661. The molecule has 0 radical (unpaired) electrons. The van der Waals surface area contributed by atoms with Gasteiger partial charge in [-0.25, -0.2) is 0 Å². The number of nitrogens with zero attached hydrogens (tertiary/aromatic N) is 1. The topological polar surface area (TPSA) is 67.9 Å². The minimum absolute atomic E-state index is 0.105. The molecule has 0 fully saturated rings. The van der Waals surface area contributed by atoms with Gasteiger partial charge >= 0.3 is 0 Å². The molecule has 1 N–H and O–H groups in total. The average molecular weight is 537 g/mol. The number of carbonyl (C=O) groups excluding carboxylic acids is 2. The Hall–Kier alpha value is -3.51. The van der Waals surface area contributed by atoms with Gasteiger partial charge in [0.25, 0.3) is 0 Å². The number of hydrogen-bond donors (Lipinski definition) is 1. The van der Waals surface area contributed by atoms with Crippen molar-refractivity contribution >= 4 is 23.4 Å². The van der Waals surface area contributed by atoms with E-state index in [1.54, 1.807) is 25.2 Å². The first-order valence-corrected chi connectivity index (χ1v) is 13.4. The number of rotatable bonds is 14. The van der Waals surface area contributed by atoms with Crippen molar-refractivity contribution in [1.82, 2.24) is 10.2 Å². The fourth-order valence-electron chi connectivity index (χ4n) is 4.32. The number of nitrogens with one attached hydrogen (secondary N) is 1. The van der Waals surface area contributed by atoms with E-state index in [1.165, 1.54) is 0 Å². The molecule has 38 heavy (non-hydrogen) atoms. The fraction of sp³-hybridized carbons (Fsp3) is 0.355. The Morgan fingerprint density at radius 1 is 0.895 bits per heavy atom. The molecule has 3 aromatic rings. The van der Waals surface area contributed by atoms with Crippen molar-refractivity contribution in [2.24, 2.45) is 0 Å². The third-order valence-corrected chi connectivity index (χ3v) is 6.65. The van der Waals surface area contributed by atoms with Crippen molar-refractivity contribution in [3.63, 3.8) is 0 Å². The van der Waals surface area contributed by atoms with Crippen molar-refractivity contribution in [3.8, 4) is 11.5 Å². The summed E-state index contributed by atoms with van der Waals surface area (Å²) in [6.07, 6.45) is 3.01. The van der Waals surface area contributed by atoms with Crippen molar-refractivity contribution in [2.75, 3.05) is 20.8 Å². The zero-order valence-corrected chi connectivity index (χ0v) is 23.2. The maximum atomic E-state index is 13.8. The van der Waals surface area contributed by atoms with Crippen LogP contribution in [0, 0.1) is 0 Å². The summed E-state index contributed by atoms with van der Waals surface area (Å²) in [6.45, 7) is 2.94. The number of ether oxygens (including phenoxy) is 2. The average Bonchev–Trinajstić information content (AvgIpc) is 2.94. The number of unbranched alkanes of at least 4 members (excludes halogenated alkanes) is 1. The molecule has 1 atom stereocenters. The SMILES string of the molecule is CCCCNC(=O)C(Cc1ccccc1)N(Cc1cccc(Cl)c1)C(=O)CCc1ccc(OC)c(OC)c1. The van der Waals surface area contributed by atoms with Gasteiger partial charge in [0, 0.05) is 31.0 Å². The van der Waals surface area contributed by atoms with Gasteiger partial charge in [-0.15, -0.1) is 0 Å². The number of halogens is 1. The molecular formula is C31H37ClN2O4. The smallest absolute Gasteiger partial charge is 0.243 e. The number of methoxy groups -OCH3 is 2. The van der Waals surface area contributed by atoms with Crippen LogP contribution >= 0.6 is 11.6 Å². The molecular weight excluding hydrogens is 500 g/mol. The number of carbonyl (C=O) groups is 2. The summed E-state index contributed by atoms with van der Waals surface area (Å²) in [5.41, 5.74) is 2.81. The zero-order valence-electron chi connectivity index (χ0n) is 22.4. The van der Waals surface area contributed by atoms with E-state index in [9.17, 15) is 9.59 Å². The van der Waals surface area contributed by atoms with Crippen LogP contribution in [0.5, 0.6) is 11.5 Å². The predicted octanol–water partition coefficient (Wildman–Crippen LogP) is 5.85. The van der Waals surface area contributed by atoms with E-state index in [-0.39, 0.29) is 24.8 Å². The summed E-state index contributed by atoms with van der Waals surface area (Å²) >= 11 is 6.25. The molecule has 3 aromatic carbocycles. The van der Waals surface area contributed by atoms with E-state index in [1.807, 2.05) is 66.7 Å². The standard InChI is InChI=1S/C31H37ClN2O4/c1-4-5-18-33-31(36)27(20-23-10-7-6-8-11-23)34(22-25-12-9-13-26(32)19-25)30(35)17-15-24-14-16-28(37-2)29(21-24)38-3/h6-14,16,19,21,27H,4-5,15,17-18,20,22H2,1-3H3,(H,33,36). The summed E-state index contributed by atoms with van der Waals surface area (Å²) < 4.78 is 10.7. The van der Waals surface area contributed by atoms with E-state index in [0.29, 0.717) is 35.9 Å². The Bertz CT molecular complexity index is 1190. The molecule has 2 amide bonds. The van der Waals surface area contributed by atoms with Crippen LogP contribution in [0.4, 0.5) is 0 Å². The Morgan fingerprint density at radius 3 is 2.32 bits per heavy atom. The molecule has 0 bridgehead atoms. The van der Waals surface area contributed by atoms with Gasteiger partial charge in [0.05, 0.1) is 14.2 Å². The molecule has 0 spiro atoms. The molecule has 0 aliphatic rings. The number of benzene rings is 3. The second-order valence-electron chi connectivity index (χ2n) is 9.19. The monoisotopic (exact) mass is 536 g/mol. The highest BCUT2D eigenvalue weighted by atomic mass is 35.5. The van der Waals surface area contributed by atoms with Crippen LogP contribution < -0.4 is 14.8 Å². The second kappa shape index (κ2) is 15.0. The zero-order chi connectivity index (χ0) is 27.3. The van der Waals surface area contributed by atoms with E-state index < -0.39 is 6.04 Å². The quantitative estimate of drug-likeness (QED) is 0.263.